The highest BCUT2D eigenvalue weighted by atomic mass is 19.1. The van der Waals surface area contributed by atoms with Crippen LogP contribution < -0.4 is 10.6 Å². The first-order valence-corrected chi connectivity index (χ1v) is 9.68. The average molecular weight is 397 g/mol. The molecule has 2 aromatic rings. The number of amidine groups is 1. The zero-order chi connectivity index (χ0) is 21.2. The van der Waals surface area contributed by atoms with E-state index in [-0.39, 0.29) is 11.5 Å². The van der Waals surface area contributed by atoms with E-state index in [9.17, 15) is 4.39 Å². The van der Waals surface area contributed by atoms with Crippen LogP contribution in [0.5, 0.6) is 0 Å². The van der Waals surface area contributed by atoms with Gasteiger partial charge in [0.1, 0.15) is 17.3 Å². The van der Waals surface area contributed by atoms with Crippen molar-refractivity contribution < 1.29 is 9.13 Å². The number of halogens is 1. The summed E-state index contributed by atoms with van der Waals surface area (Å²) in [6.07, 6.45) is 3.92. The molecule has 6 nitrogen and oxygen atoms in total. The number of anilines is 1. The Morgan fingerprint density at radius 1 is 1.24 bits per heavy atom. The third-order valence-electron chi connectivity index (χ3n) is 4.25. The molecule has 0 saturated carbocycles. The summed E-state index contributed by atoms with van der Waals surface area (Å²) in [4.78, 5) is 10.3. The molecular weight excluding hydrogens is 369 g/mol. The summed E-state index contributed by atoms with van der Waals surface area (Å²) in [5, 5.41) is 7.63. The predicted octanol–water partition coefficient (Wildman–Crippen LogP) is 4.11. The van der Waals surface area contributed by atoms with Crippen molar-refractivity contribution in [3.63, 3.8) is 0 Å². The van der Waals surface area contributed by atoms with Gasteiger partial charge in [0.05, 0.1) is 19.4 Å². The van der Waals surface area contributed by atoms with Gasteiger partial charge in [-0.05, 0) is 18.6 Å². The highest BCUT2D eigenvalue weighted by molar-refractivity contribution is 6.16. The van der Waals surface area contributed by atoms with Crippen molar-refractivity contribution in [1.82, 2.24) is 4.98 Å². The third-order valence-corrected chi connectivity index (χ3v) is 4.25. The summed E-state index contributed by atoms with van der Waals surface area (Å²) in [6.45, 7) is 8.61. The van der Waals surface area contributed by atoms with E-state index >= 15 is 0 Å². The first-order valence-electron chi connectivity index (χ1n) is 9.68. The summed E-state index contributed by atoms with van der Waals surface area (Å²) < 4.78 is 19.5. The van der Waals surface area contributed by atoms with Gasteiger partial charge >= 0.3 is 0 Å². The van der Waals surface area contributed by atoms with Crippen LogP contribution in [0, 0.1) is 18.2 Å². The van der Waals surface area contributed by atoms with Crippen LogP contribution in [0.4, 0.5) is 15.9 Å². The highest BCUT2D eigenvalue weighted by Crippen LogP contribution is 2.23. The lowest BCUT2D eigenvalue weighted by Gasteiger charge is -2.27. The number of aliphatic imine (C=N–C) groups is 1. The number of nitrogens with one attached hydrogen (secondary N) is 1. The second-order valence-electron chi connectivity index (χ2n) is 6.24. The first kappa shape index (κ1) is 22.2. The topological polar surface area (TPSA) is 87.6 Å². The second-order valence-corrected chi connectivity index (χ2v) is 6.24. The minimum Gasteiger partial charge on any atom is -0.384 e. The van der Waals surface area contributed by atoms with E-state index in [4.69, 9.17) is 15.9 Å². The molecular formula is C22H28FN5O. The lowest BCUT2D eigenvalue weighted by atomic mass is 10.0. The quantitative estimate of drug-likeness (QED) is 0.587. The van der Waals surface area contributed by atoms with Crippen molar-refractivity contribution in [2.24, 2.45) is 10.7 Å². The number of nitrogens with zero attached hydrogens (tertiary/aromatic N) is 3. The fourth-order valence-electron chi connectivity index (χ4n) is 2.75. The molecule has 1 saturated heterocycles. The monoisotopic (exact) mass is 397 g/mol. The van der Waals surface area contributed by atoms with E-state index in [1.165, 1.54) is 6.21 Å². The van der Waals surface area contributed by atoms with E-state index in [0.717, 1.165) is 17.3 Å². The van der Waals surface area contributed by atoms with Gasteiger partial charge in [0.15, 0.2) is 5.82 Å². The molecule has 1 fully saturated rings. The number of hydrogen-bond donors (Lipinski definition) is 2. The van der Waals surface area contributed by atoms with Crippen LogP contribution in [0.2, 0.25) is 0 Å². The molecule has 0 bridgehead atoms. The molecule has 154 valence electrons. The van der Waals surface area contributed by atoms with Crippen LogP contribution in [0.3, 0.4) is 0 Å². The molecule has 0 spiro atoms. The minimum atomic E-state index is -0.546. The van der Waals surface area contributed by atoms with Crippen LogP contribution in [-0.4, -0.2) is 43.3 Å². The van der Waals surface area contributed by atoms with E-state index in [1.54, 1.807) is 12.1 Å². The van der Waals surface area contributed by atoms with Gasteiger partial charge in [0.25, 0.3) is 0 Å². The fourth-order valence-corrected chi connectivity index (χ4v) is 2.75. The number of allylic oxidation sites excluding steroid dienone is 1. The minimum absolute atomic E-state index is 0.118. The average Bonchev–Trinajstić information content (AvgIpc) is 2.76. The molecule has 1 aromatic carbocycles. The van der Waals surface area contributed by atoms with Crippen LogP contribution >= 0.6 is 0 Å². The molecule has 0 atom stereocenters. The van der Waals surface area contributed by atoms with Gasteiger partial charge in [0.2, 0.25) is 0 Å². The van der Waals surface area contributed by atoms with E-state index < -0.39 is 5.82 Å². The number of hydrogen-bond acceptors (Lipinski definition) is 5. The number of pyridine rings is 1. The molecule has 3 N–H and O–H groups in total. The summed E-state index contributed by atoms with van der Waals surface area (Å²) >= 11 is 0. The maximum atomic E-state index is 14.1. The third kappa shape index (κ3) is 6.22. The van der Waals surface area contributed by atoms with Crippen molar-refractivity contribution in [2.75, 3.05) is 31.2 Å². The summed E-state index contributed by atoms with van der Waals surface area (Å²) in [5.41, 5.74) is 8.68. The van der Waals surface area contributed by atoms with Gasteiger partial charge in [-0.2, -0.15) is 0 Å². The molecule has 3 rings (SSSR count). The molecule has 1 aromatic heterocycles. The van der Waals surface area contributed by atoms with Crippen molar-refractivity contribution in [3.05, 3.63) is 59.5 Å². The fraction of sp³-hybridized carbons (Fsp3) is 0.318. The maximum Gasteiger partial charge on any atom is 0.167 e. The number of aryl methyl sites for hydroxylation is 1. The summed E-state index contributed by atoms with van der Waals surface area (Å²) in [7, 11) is 0. The zero-order valence-corrected chi connectivity index (χ0v) is 17.2. The molecule has 0 aliphatic carbocycles. The van der Waals surface area contributed by atoms with Gasteiger partial charge in [-0.25, -0.2) is 14.4 Å². The smallest absolute Gasteiger partial charge is 0.167 e. The Hall–Kier alpha value is -3.06. The van der Waals surface area contributed by atoms with Crippen molar-refractivity contribution in [1.29, 1.82) is 5.41 Å². The van der Waals surface area contributed by atoms with Gasteiger partial charge in [-0.3, -0.25) is 0 Å². The Kier molecular flexibility index (Phi) is 8.48. The summed E-state index contributed by atoms with van der Waals surface area (Å²) in [6, 6.07) is 9.30. The molecule has 0 amide bonds. The van der Waals surface area contributed by atoms with E-state index in [2.05, 4.69) is 9.98 Å². The summed E-state index contributed by atoms with van der Waals surface area (Å²) in [5.74, 6) is 0.211. The molecule has 2 heterocycles. The van der Waals surface area contributed by atoms with Crippen molar-refractivity contribution in [3.8, 4) is 0 Å². The van der Waals surface area contributed by atoms with Crippen LogP contribution in [0.15, 0.2) is 47.6 Å². The Balaban J connectivity index is 0.00000145. The number of ether oxygens (including phenoxy) is 1. The number of aromatic nitrogens is 1. The standard InChI is InChI=1S/C20H22FN5O.C2H6/c1-14-2-4-15(5-3-14)16(12-22)10-19(23)25-18-11-20(24-13-17(18)21)26-6-8-27-9-7-26;1-2/h2-5,10-13,22H,6-9H2,1H3,(H2,23,24,25);1-2H3/b16-10+,22-12?;. The molecule has 1 aliphatic rings. The van der Waals surface area contributed by atoms with E-state index in [0.29, 0.717) is 37.7 Å². The second kappa shape index (κ2) is 11.1. The van der Waals surface area contributed by atoms with Crippen LogP contribution in [-0.2, 0) is 4.74 Å². The SMILES string of the molecule is CC.Cc1ccc(/C(C=N)=C/C(N)=Nc2cc(N3CCOCC3)ncc2F)cc1. The molecule has 29 heavy (non-hydrogen) atoms. The number of morpholine rings is 1. The number of nitrogens with two attached hydrogens (primary N) is 1. The molecule has 7 heteroatoms. The largest absolute Gasteiger partial charge is 0.384 e. The van der Waals surface area contributed by atoms with Crippen molar-refractivity contribution >= 4 is 29.1 Å². The normalized spacial score (nSPS) is 14.8. The Morgan fingerprint density at radius 2 is 1.90 bits per heavy atom. The van der Waals surface area contributed by atoms with Crippen LogP contribution in [0.1, 0.15) is 25.0 Å². The molecule has 0 radical (unpaired) electrons. The number of benzene rings is 1. The lowest BCUT2D eigenvalue weighted by molar-refractivity contribution is 0.122. The first-order chi connectivity index (χ1) is 14.1. The van der Waals surface area contributed by atoms with E-state index in [1.807, 2.05) is 49.9 Å². The van der Waals surface area contributed by atoms with Gasteiger partial charge in [0, 0.05) is 30.9 Å². The maximum absolute atomic E-state index is 14.1. The molecule has 0 unspecified atom stereocenters. The highest BCUT2D eigenvalue weighted by Gasteiger charge is 2.14. The molecule has 1 aliphatic heterocycles. The number of rotatable bonds is 5. The van der Waals surface area contributed by atoms with Gasteiger partial charge in [-0.15, -0.1) is 0 Å². The van der Waals surface area contributed by atoms with Crippen LogP contribution in [0.25, 0.3) is 5.57 Å². The Labute approximate surface area is 171 Å². The van der Waals surface area contributed by atoms with Gasteiger partial charge in [-0.1, -0.05) is 43.7 Å². The van der Waals surface area contributed by atoms with Gasteiger partial charge < -0.3 is 20.8 Å². The zero-order valence-electron chi connectivity index (χ0n) is 17.2. The Bertz CT molecular complexity index is 871. The van der Waals surface area contributed by atoms with Crippen molar-refractivity contribution in [2.45, 2.75) is 20.8 Å². The lowest BCUT2D eigenvalue weighted by Crippen LogP contribution is -2.36. The predicted molar refractivity (Wildman–Crippen MR) is 118 cm³/mol. The Morgan fingerprint density at radius 3 is 2.52 bits per heavy atom.